The van der Waals surface area contributed by atoms with Crippen LogP contribution in [-0.4, -0.2) is 32.2 Å². The molecule has 0 fully saturated rings. The number of nitrogens with zero attached hydrogens (tertiary/aromatic N) is 4. The molecule has 3 heterocycles. The van der Waals surface area contributed by atoms with Gasteiger partial charge in [0.1, 0.15) is 17.2 Å². The molecule has 120 valence electrons. The second-order valence-electron chi connectivity index (χ2n) is 5.57. The molecule has 1 aromatic carbocycles. The second kappa shape index (κ2) is 5.52. The molecule has 1 N–H and O–H groups in total. The molecule has 0 radical (unpaired) electrons. The number of aromatic nitrogens is 4. The molecule has 1 aliphatic rings. The summed E-state index contributed by atoms with van der Waals surface area (Å²) in [6, 6.07) is 8.25. The van der Waals surface area contributed by atoms with Gasteiger partial charge in [-0.15, -0.1) is 0 Å². The highest BCUT2D eigenvalue weighted by atomic mass is 19.1. The Morgan fingerprint density at radius 3 is 2.96 bits per heavy atom. The van der Waals surface area contributed by atoms with E-state index < -0.39 is 0 Å². The minimum atomic E-state index is -0.296. The van der Waals surface area contributed by atoms with E-state index in [1.165, 1.54) is 6.07 Å². The minimum Gasteiger partial charge on any atom is -0.349 e. The first-order chi connectivity index (χ1) is 11.6. The Hall–Kier alpha value is -3.09. The van der Waals surface area contributed by atoms with Crippen LogP contribution in [0.2, 0.25) is 0 Å². The fourth-order valence-electron chi connectivity index (χ4n) is 2.74. The Balaban J connectivity index is 1.78. The monoisotopic (exact) mass is 323 g/mol. The lowest BCUT2D eigenvalue weighted by molar-refractivity contribution is 0.0924. The van der Waals surface area contributed by atoms with Crippen LogP contribution in [0.15, 0.2) is 36.5 Å². The van der Waals surface area contributed by atoms with Gasteiger partial charge in [0.05, 0.1) is 12.2 Å². The van der Waals surface area contributed by atoms with Crippen LogP contribution in [-0.2, 0) is 6.54 Å². The van der Waals surface area contributed by atoms with E-state index >= 15 is 0 Å². The molecule has 0 saturated heterocycles. The van der Waals surface area contributed by atoms with E-state index in [1.807, 2.05) is 0 Å². The van der Waals surface area contributed by atoms with Gasteiger partial charge in [0.2, 0.25) is 0 Å². The van der Waals surface area contributed by atoms with Gasteiger partial charge in [-0.25, -0.2) is 14.4 Å². The Morgan fingerprint density at radius 1 is 1.25 bits per heavy atom. The zero-order chi connectivity index (χ0) is 16.7. The first-order valence-electron chi connectivity index (χ1n) is 7.58. The summed E-state index contributed by atoms with van der Waals surface area (Å²) in [4.78, 5) is 20.6. The Bertz CT molecular complexity index is 950. The third-order valence-electron chi connectivity index (χ3n) is 4.05. The van der Waals surface area contributed by atoms with Crippen molar-refractivity contribution in [3.63, 3.8) is 0 Å². The molecule has 4 rings (SSSR count). The van der Waals surface area contributed by atoms with Gasteiger partial charge in [0, 0.05) is 18.3 Å². The van der Waals surface area contributed by atoms with Crippen LogP contribution in [0.25, 0.3) is 22.8 Å². The van der Waals surface area contributed by atoms with Crippen molar-refractivity contribution in [2.24, 2.45) is 0 Å². The van der Waals surface area contributed by atoms with E-state index in [1.54, 1.807) is 42.1 Å². The molecular weight excluding hydrogens is 309 g/mol. The number of benzene rings is 1. The van der Waals surface area contributed by atoms with Crippen molar-refractivity contribution in [3.05, 3.63) is 53.6 Å². The van der Waals surface area contributed by atoms with Gasteiger partial charge in [-0.3, -0.25) is 9.48 Å². The lowest BCUT2D eigenvalue weighted by Gasteiger charge is -2.13. The van der Waals surface area contributed by atoms with E-state index in [0.717, 1.165) is 0 Å². The highest BCUT2D eigenvalue weighted by molar-refractivity contribution is 5.94. The number of hydrogen-bond acceptors (Lipinski definition) is 4. The fraction of sp³-hybridized carbons (Fsp3) is 0.176. The molecule has 1 amide bonds. The van der Waals surface area contributed by atoms with Crippen LogP contribution in [0.5, 0.6) is 0 Å². The number of carbonyl (C=O) groups is 1. The predicted molar refractivity (Wildman–Crippen MR) is 85.7 cm³/mol. The molecule has 0 spiro atoms. The molecule has 6 nitrogen and oxygen atoms in total. The first kappa shape index (κ1) is 14.5. The normalized spacial score (nSPS) is 13.5. The maximum Gasteiger partial charge on any atom is 0.269 e. The topological polar surface area (TPSA) is 72.7 Å². The third kappa shape index (κ3) is 2.34. The van der Waals surface area contributed by atoms with Crippen molar-refractivity contribution < 1.29 is 9.18 Å². The molecular formula is C17H14FN5O. The fourth-order valence-corrected chi connectivity index (χ4v) is 2.74. The number of amides is 1. The maximum atomic E-state index is 13.8. The molecule has 24 heavy (non-hydrogen) atoms. The van der Waals surface area contributed by atoms with Crippen molar-refractivity contribution in [1.29, 1.82) is 0 Å². The number of carbonyl (C=O) groups excluding carboxylic acids is 1. The van der Waals surface area contributed by atoms with Gasteiger partial charge < -0.3 is 5.32 Å². The first-order valence-corrected chi connectivity index (χ1v) is 7.58. The summed E-state index contributed by atoms with van der Waals surface area (Å²) in [6.07, 6.45) is 1.61. The van der Waals surface area contributed by atoms with Crippen molar-refractivity contribution in [2.75, 3.05) is 6.54 Å². The third-order valence-corrected chi connectivity index (χ3v) is 4.05. The Morgan fingerprint density at radius 2 is 2.12 bits per heavy atom. The summed E-state index contributed by atoms with van der Waals surface area (Å²) in [7, 11) is 0. The van der Waals surface area contributed by atoms with E-state index in [2.05, 4.69) is 20.4 Å². The second-order valence-corrected chi connectivity index (χ2v) is 5.57. The van der Waals surface area contributed by atoms with Gasteiger partial charge in [-0.1, -0.05) is 12.1 Å². The van der Waals surface area contributed by atoms with Gasteiger partial charge in [-0.2, -0.15) is 5.10 Å². The number of fused-ring (bicyclic) bond motifs is 1. The van der Waals surface area contributed by atoms with Crippen molar-refractivity contribution in [3.8, 4) is 22.8 Å². The van der Waals surface area contributed by atoms with Crippen molar-refractivity contribution >= 4 is 5.91 Å². The summed E-state index contributed by atoms with van der Waals surface area (Å²) in [5, 5.41) is 7.22. The molecule has 0 bridgehead atoms. The molecule has 1 aliphatic heterocycles. The standard InChI is InChI=1S/C17H14FN5O/c1-10-11(3-2-4-12(10)18)16-19-6-5-13(21-16)14-9-15-17(24)20-7-8-23(15)22-14/h2-6,9H,7-8H2,1H3,(H,20,24). The number of nitrogens with one attached hydrogen (secondary N) is 1. The minimum absolute atomic E-state index is 0.143. The highest BCUT2D eigenvalue weighted by Crippen LogP contribution is 2.24. The van der Waals surface area contributed by atoms with Crippen LogP contribution >= 0.6 is 0 Å². The lowest BCUT2D eigenvalue weighted by atomic mass is 10.1. The van der Waals surface area contributed by atoms with Gasteiger partial charge in [0.15, 0.2) is 5.82 Å². The van der Waals surface area contributed by atoms with E-state index in [0.29, 0.717) is 47.1 Å². The van der Waals surface area contributed by atoms with Crippen LogP contribution in [0, 0.1) is 12.7 Å². The highest BCUT2D eigenvalue weighted by Gasteiger charge is 2.20. The number of halogens is 1. The maximum absolute atomic E-state index is 13.8. The zero-order valence-corrected chi connectivity index (χ0v) is 13.0. The average Bonchev–Trinajstić information content (AvgIpc) is 3.03. The van der Waals surface area contributed by atoms with Crippen molar-refractivity contribution in [2.45, 2.75) is 13.5 Å². The summed E-state index contributed by atoms with van der Waals surface area (Å²) >= 11 is 0. The lowest BCUT2D eigenvalue weighted by Crippen LogP contribution is -2.35. The summed E-state index contributed by atoms with van der Waals surface area (Å²) in [5.41, 5.74) is 2.84. The Labute approximate surface area is 137 Å². The largest absolute Gasteiger partial charge is 0.349 e. The van der Waals surface area contributed by atoms with Gasteiger partial charge >= 0.3 is 0 Å². The Kier molecular flexibility index (Phi) is 3.34. The molecule has 0 saturated carbocycles. The average molecular weight is 323 g/mol. The molecule has 0 atom stereocenters. The molecule has 2 aromatic heterocycles. The molecule has 3 aromatic rings. The number of rotatable bonds is 2. The van der Waals surface area contributed by atoms with Crippen LogP contribution in [0.1, 0.15) is 16.1 Å². The zero-order valence-electron chi connectivity index (χ0n) is 13.0. The van der Waals surface area contributed by atoms with Gasteiger partial charge in [0.25, 0.3) is 5.91 Å². The SMILES string of the molecule is Cc1c(F)cccc1-c1nccc(-c2cc3n(n2)CCNC3=O)n1. The van der Waals surface area contributed by atoms with Gasteiger partial charge in [-0.05, 0) is 30.7 Å². The smallest absolute Gasteiger partial charge is 0.269 e. The summed E-state index contributed by atoms with van der Waals surface area (Å²) in [5.74, 6) is -0.00851. The molecule has 7 heteroatoms. The van der Waals surface area contributed by atoms with E-state index in [9.17, 15) is 9.18 Å². The van der Waals surface area contributed by atoms with Crippen LogP contribution < -0.4 is 5.32 Å². The van der Waals surface area contributed by atoms with E-state index in [4.69, 9.17) is 0 Å². The molecule has 0 unspecified atom stereocenters. The van der Waals surface area contributed by atoms with Crippen LogP contribution in [0.4, 0.5) is 4.39 Å². The summed E-state index contributed by atoms with van der Waals surface area (Å²) < 4.78 is 15.4. The van der Waals surface area contributed by atoms with Crippen LogP contribution in [0.3, 0.4) is 0 Å². The summed E-state index contributed by atoms with van der Waals surface area (Å²) in [6.45, 7) is 2.88. The van der Waals surface area contributed by atoms with Crippen molar-refractivity contribution in [1.82, 2.24) is 25.1 Å². The number of hydrogen-bond donors (Lipinski definition) is 1. The molecule has 0 aliphatic carbocycles. The quantitative estimate of drug-likeness (QED) is 0.785. The predicted octanol–water partition coefficient (Wildman–Crippen LogP) is 2.20. The van der Waals surface area contributed by atoms with E-state index in [-0.39, 0.29) is 11.7 Å².